The first-order valence-corrected chi connectivity index (χ1v) is 11.6. The number of H-pyrrole nitrogens is 1. The highest BCUT2D eigenvalue weighted by molar-refractivity contribution is 7.92. The van der Waals surface area contributed by atoms with Crippen LogP contribution in [0.3, 0.4) is 0 Å². The third kappa shape index (κ3) is 4.56. The lowest BCUT2D eigenvalue weighted by Gasteiger charge is -2.32. The molecule has 30 heavy (non-hydrogen) atoms. The number of nitrogens with one attached hydrogen (secondary N) is 2. The molecule has 1 aromatic carbocycles. The molecule has 4 rings (SSSR count). The molecule has 2 aromatic heterocycles. The topological polar surface area (TPSA) is 104 Å². The van der Waals surface area contributed by atoms with E-state index in [9.17, 15) is 13.2 Å². The Morgan fingerprint density at radius 1 is 1.23 bits per heavy atom. The lowest BCUT2D eigenvalue weighted by molar-refractivity contribution is 0.0588. The van der Waals surface area contributed by atoms with Crippen LogP contribution in [-0.4, -0.2) is 54.1 Å². The Hall–Kier alpha value is -3.07. The Morgan fingerprint density at radius 3 is 2.73 bits per heavy atom. The monoisotopic (exact) mass is 428 g/mol. The van der Waals surface area contributed by atoms with E-state index in [0.29, 0.717) is 43.1 Å². The molecule has 0 saturated carbocycles. The Morgan fingerprint density at radius 2 is 2.03 bits per heavy atom. The number of carbonyl (C=O) groups is 1. The van der Waals surface area contributed by atoms with E-state index in [0.717, 1.165) is 10.9 Å². The molecule has 0 atom stereocenters. The van der Waals surface area contributed by atoms with E-state index < -0.39 is 10.0 Å². The number of piperidine rings is 1. The highest BCUT2D eigenvalue weighted by atomic mass is 32.2. The Labute approximate surface area is 175 Å². The lowest BCUT2D eigenvalue weighted by atomic mass is 10.1. The number of pyridine rings is 1. The van der Waals surface area contributed by atoms with Crippen molar-refractivity contribution in [3.05, 3.63) is 54.4 Å². The number of nitrogens with zero attached hydrogens (tertiary/aromatic N) is 2. The molecule has 1 saturated heterocycles. The molecule has 1 aliphatic rings. The molecule has 3 aromatic rings. The number of fused-ring (bicyclic) bond motifs is 1. The third-order valence-corrected chi connectivity index (χ3v) is 6.52. The standard InChI is InChI=1S/C21H24N4O4S/c1-2-30(27,28)24-17-5-6-20(23-14-17)29-18-8-11-25(12-9-18)21(26)16-4-3-15-7-10-22-19(15)13-16/h3-7,10,13-14,18,22,24H,2,8-9,11-12H2,1H3. The van der Waals surface area contributed by atoms with E-state index in [1.807, 2.05) is 35.4 Å². The second-order valence-corrected chi connectivity index (χ2v) is 9.29. The Bertz CT molecular complexity index is 1130. The predicted octanol–water partition coefficient (Wildman–Crippen LogP) is 3.01. The molecular formula is C21H24N4O4S. The van der Waals surface area contributed by atoms with Crippen LogP contribution in [0.1, 0.15) is 30.1 Å². The summed E-state index contributed by atoms with van der Waals surface area (Å²) >= 11 is 0. The van der Waals surface area contributed by atoms with Gasteiger partial charge in [-0.1, -0.05) is 6.07 Å². The summed E-state index contributed by atoms with van der Waals surface area (Å²) in [4.78, 5) is 22.0. The molecule has 0 unspecified atom stereocenters. The van der Waals surface area contributed by atoms with Gasteiger partial charge in [-0.3, -0.25) is 9.52 Å². The van der Waals surface area contributed by atoms with Crippen LogP contribution in [-0.2, 0) is 10.0 Å². The number of amides is 1. The van der Waals surface area contributed by atoms with E-state index in [4.69, 9.17) is 4.74 Å². The molecule has 1 amide bonds. The summed E-state index contributed by atoms with van der Waals surface area (Å²) in [6, 6.07) is 11.0. The van der Waals surface area contributed by atoms with Crippen LogP contribution in [0.25, 0.3) is 10.9 Å². The molecule has 8 nitrogen and oxygen atoms in total. The van der Waals surface area contributed by atoms with Crippen molar-refractivity contribution in [3.8, 4) is 5.88 Å². The summed E-state index contributed by atoms with van der Waals surface area (Å²) in [5.41, 5.74) is 2.04. The van der Waals surface area contributed by atoms with Gasteiger partial charge in [0.15, 0.2) is 0 Å². The summed E-state index contributed by atoms with van der Waals surface area (Å²) in [7, 11) is -3.33. The van der Waals surface area contributed by atoms with Gasteiger partial charge >= 0.3 is 0 Å². The summed E-state index contributed by atoms with van der Waals surface area (Å²) in [6.45, 7) is 2.80. The minimum Gasteiger partial charge on any atom is -0.474 e. The maximum atomic E-state index is 12.8. The first-order chi connectivity index (χ1) is 14.4. The molecular weight excluding hydrogens is 404 g/mol. The molecule has 1 fully saturated rings. The minimum absolute atomic E-state index is 0.00139. The zero-order chi connectivity index (χ0) is 21.1. The smallest absolute Gasteiger partial charge is 0.253 e. The van der Waals surface area contributed by atoms with Crippen molar-refractivity contribution >= 4 is 32.5 Å². The van der Waals surface area contributed by atoms with Crippen LogP contribution >= 0.6 is 0 Å². The number of hydrogen-bond donors (Lipinski definition) is 2. The van der Waals surface area contributed by atoms with Crippen molar-refractivity contribution in [1.29, 1.82) is 0 Å². The number of hydrogen-bond acceptors (Lipinski definition) is 5. The number of ether oxygens (including phenoxy) is 1. The molecule has 1 aliphatic heterocycles. The fourth-order valence-electron chi connectivity index (χ4n) is 3.47. The molecule has 158 valence electrons. The average Bonchev–Trinajstić information content (AvgIpc) is 3.23. The van der Waals surface area contributed by atoms with E-state index in [2.05, 4.69) is 14.7 Å². The molecule has 2 N–H and O–H groups in total. The van der Waals surface area contributed by atoms with Crippen molar-refractivity contribution in [2.24, 2.45) is 0 Å². The van der Waals surface area contributed by atoms with Gasteiger partial charge in [0.05, 0.1) is 17.6 Å². The second kappa shape index (κ2) is 8.35. The van der Waals surface area contributed by atoms with Crippen LogP contribution in [0.4, 0.5) is 5.69 Å². The number of sulfonamides is 1. The van der Waals surface area contributed by atoms with Gasteiger partial charge in [0.25, 0.3) is 5.91 Å². The quantitative estimate of drug-likeness (QED) is 0.628. The van der Waals surface area contributed by atoms with Gasteiger partial charge in [0.1, 0.15) is 6.10 Å². The molecule has 0 spiro atoms. The van der Waals surface area contributed by atoms with E-state index in [1.165, 1.54) is 6.20 Å². The van der Waals surface area contributed by atoms with Crippen LogP contribution in [0, 0.1) is 0 Å². The van der Waals surface area contributed by atoms with E-state index >= 15 is 0 Å². The van der Waals surface area contributed by atoms with Crippen LogP contribution < -0.4 is 9.46 Å². The number of carbonyl (C=O) groups excluding carboxylic acids is 1. The van der Waals surface area contributed by atoms with Crippen LogP contribution in [0.2, 0.25) is 0 Å². The Kier molecular flexibility index (Phi) is 5.63. The zero-order valence-electron chi connectivity index (χ0n) is 16.7. The molecule has 0 aliphatic carbocycles. The third-order valence-electron chi connectivity index (χ3n) is 5.21. The highest BCUT2D eigenvalue weighted by Crippen LogP contribution is 2.21. The summed E-state index contributed by atoms with van der Waals surface area (Å²) in [6.07, 6.45) is 4.69. The van der Waals surface area contributed by atoms with Gasteiger partial charge < -0.3 is 14.6 Å². The molecule has 0 radical (unpaired) electrons. The van der Waals surface area contributed by atoms with Gasteiger partial charge in [0, 0.05) is 49.3 Å². The number of benzene rings is 1. The summed E-state index contributed by atoms with van der Waals surface area (Å²) in [5, 5.41) is 1.08. The van der Waals surface area contributed by atoms with Gasteiger partial charge in [-0.25, -0.2) is 13.4 Å². The van der Waals surface area contributed by atoms with Crippen LogP contribution in [0.5, 0.6) is 5.88 Å². The normalized spacial score (nSPS) is 15.3. The fourth-order valence-corrected chi connectivity index (χ4v) is 4.10. The first kappa shape index (κ1) is 20.2. The van der Waals surface area contributed by atoms with Gasteiger partial charge in [-0.2, -0.15) is 0 Å². The number of aromatic nitrogens is 2. The summed E-state index contributed by atoms with van der Waals surface area (Å²) in [5.74, 6) is 0.466. The minimum atomic E-state index is -3.33. The largest absolute Gasteiger partial charge is 0.474 e. The average molecular weight is 429 g/mol. The maximum Gasteiger partial charge on any atom is 0.253 e. The molecule has 9 heteroatoms. The number of rotatable bonds is 6. The van der Waals surface area contributed by atoms with Crippen molar-refractivity contribution in [3.63, 3.8) is 0 Å². The van der Waals surface area contributed by atoms with Gasteiger partial charge in [-0.05, 0) is 36.6 Å². The van der Waals surface area contributed by atoms with Gasteiger partial charge in [0.2, 0.25) is 15.9 Å². The zero-order valence-corrected chi connectivity index (χ0v) is 17.5. The number of anilines is 1. The van der Waals surface area contributed by atoms with Crippen LogP contribution in [0.15, 0.2) is 48.8 Å². The fraction of sp³-hybridized carbons (Fsp3) is 0.333. The van der Waals surface area contributed by atoms with Crippen molar-refractivity contribution in [1.82, 2.24) is 14.9 Å². The Balaban J connectivity index is 1.31. The van der Waals surface area contributed by atoms with E-state index in [1.54, 1.807) is 19.1 Å². The molecule has 3 heterocycles. The number of likely N-dealkylation sites (tertiary alicyclic amines) is 1. The highest BCUT2D eigenvalue weighted by Gasteiger charge is 2.25. The number of aromatic amines is 1. The van der Waals surface area contributed by atoms with Gasteiger partial charge in [-0.15, -0.1) is 0 Å². The van der Waals surface area contributed by atoms with Crippen molar-refractivity contribution in [2.75, 3.05) is 23.6 Å². The van der Waals surface area contributed by atoms with E-state index in [-0.39, 0.29) is 17.8 Å². The SMILES string of the molecule is CCS(=O)(=O)Nc1ccc(OC2CCN(C(=O)c3ccc4cc[nH]c4c3)CC2)nc1. The second-order valence-electron chi connectivity index (χ2n) is 7.28. The predicted molar refractivity (Wildman–Crippen MR) is 115 cm³/mol. The lowest BCUT2D eigenvalue weighted by Crippen LogP contribution is -2.41. The first-order valence-electron chi connectivity index (χ1n) is 9.93. The molecule has 0 bridgehead atoms. The maximum absolute atomic E-state index is 12.8. The van der Waals surface area contributed by atoms with Crippen molar-refractivity contribution in [2.45, 2.75) is 25.9 Å². The summed E-state index contributed by atoms with van der Waals surface area (Å²) < 4.78 is 31.6. The van der Waals surface area contributed by atoms with Crippen molar-refractivity contribution < 1.29 is 17.9 Å².